The average Bonchev–Trinajstić information content (AvgIpc) is 3.73. The topological polar surface area (TPSA) is 149 Å². The van der Waals surface area contributed by atoms with Crippen LogP contribution in [0.15, 0.2) is 40.9 Å². The van der Waals surface area contributed by atoms with Crippen LogP contribution >= 0.6 is 11.6 Å². The van der Waals surface area contributed by atoms with Gasteiger partial charge in [0.05, 0.1) is 23.7 Å². The van der Waals surface area contributed by atoms with E-state index in [4.69, 9.17) is 20.8 Å². The van der Waals surface area contributed by atoms with Crippen molar-refractivity contribution in [2.75, 3.05) is 11.9 Å². The van der Waals surface area contributed by atoms with Gasteiger partial charge in [-0.2, -0.15) is 4.98 Å². The van der Waals surface area contributed by atoms with Crippen molar-refractivity contribution in [1.29, 1.82) is 0 Å². The molecule has 6 rings (SSSR count). The second-order valence-corrected chi connectivity index (χ2v) is 17.9. The number of ketones is 4. The summed E-state index contributed by atoms with van der Waals surface area (Å²) in [6, 6.07) is 7.82. The summed E-state index contributed by atoms with van der Waals surface area (Å²) in [6.07, 6.45) is 8.95. The maximum atomic E-state index is 14.9. The molecule has 1 N–H and O–H groups in total. The largest absolute Gasteiger partial charge is 0.472 e. The van der Waals surface area contributed by atoms with E-state index in [1.54, 1.807) is 17.0 Å². The summed E-state index contributed by atoms with van der Waals surface area (Å²) in [5.41, 5.74) is 1.73. The van der Waals surface area contributed by atoms with E-state index in [1.807, 2.05) is 52.8 Å². The van der Waals surface area contributed by atoms with Crippen LogP contribution in [0.25, 0.3) is 11.1 Å². The quantitative estimate of drug-likeness (QED) is 0.124. The highest BCUT2D eigenvalue weighted by molar-refractivity contribution is 6.38. The highest BCUT2D eigenvalue weighted by Gasteiger charge is 2.47. The molecule has 1 amide bonds. The molecule has 56 heavy (non-hydrogen) atoms. The lowest BCUT2D eigenvalue weighted by Gasteiger charge is -2.36. The molecule has 0 unspecified atom stereocenters. The standard InChI is InChI=1S/C44H57ClN4O7/c1-6-10-29(41(53)37(52)20-27-14-15-27)21-35(50)34-22-31(55-39-18-16-30(45)24-46-39)25-49(34)42(54)32(44(3,4)5)23-36(51)40(28-11-8-7-9-12-28)48-43-47-33-19-26(2)13-17-38(33)56-43/h13,16-19,24,27-29,31-32,34,40H,6-12,14-15,20-23,25H2,1-5H3,(H,47,48)/t29-,31-,32-,34+,40+/m1/s1. The van der Waals surface area contributed by atoms with Gasteiger partial charge in [-0.3, -0.25) is 24.0 Å². The number of benzene rings is 1. The summed E-state index contributed by atoms with van der Waals surface area (Å²) < 4.78 is 12.3. The Bertz CT molecular complexity index is 1890. The van der Waals surface area contributed by atoms with Crippen LogP contribution < -0.4 is 10.1 Å². The fourth-order valence-electron chi connectivity index (χ4n) is 8.45. The number of amides is 1. The Morgan fingerprint density at radius 1 is 1.02 bits per heavy atom. The van der Waals surface area contributed by atoms with Crippen LogP contribution in [0.1, 0.15) is 117 Å². The minimum Gasteiger partial charge on any atom is -0.472 e. The monoisotopic (exact) mass is 788 g/mol. The molecule has 3 heterocycles. The van der Waals surface area contributed by atoms with Crippen molar-refractivity contribution in [3.05, 3.63) is 47.1 Å². The van der Waals surface area contributed by atoms with Crippen LogP contribution in [-0.4, -0.2) is 68.6 Å². The maximum Gasteiger partial charge on any atom is 0.296 e. The predicted molar refractivity (Wildman–Crippen MR) is 214 cm³/mol. The molecule has 11 nitrogen and oxygen atoms in total. The molecule has 0 bridgehead atoms. The van der Waals surface area contributed by atoms with E-state index < -0.39 is 47.0 Å². The number of nitrogens with one attached hydrogen (secondary N) is 1. The number of hydrogen-bond acceptors (Lipinski definition) is 10. The molecule has 12 heteroatoms. The summed E-state index contributed by atoms with van der Waals surface area (Å²) >= 11 is 6.06. The number of Topliss-reactive ketones (excluding diaryl/α,β-unsaturated/α-hetero) is 4. The molecule has 2 aromatic heterocycles. The second kappa shape index (κ2) is 18.0. The molecule has 302 valence electrons. The lowest BCUT2D eigenvalue weighted by Crippen LogP contribution is -2.49. The van der Waals surface area contributed by atoms with Crippen LogP contribution in [0.5, 0.6) is 5.88 Å². The Morgan fingerprint density at radius 3 is 2.43 bits per heavy atom. The fraction of sp³-hybridized carbons (Fsp3) is 0.614. The Hall–Kier alpha value is -4.12. The number of pyridine rings is 1. The lowest BCUT2D eigenvalue weighted by atomic mass is 9.74. The van der Waals surface area contributed by atoms with Gasteiger partial charge in [0.1, 0.15) is 11.6 Å². The number of carbonyl (C=O) groups excluding carboxylic acids is 5. The molecular formula is C44H57ClN4O7. The number of oxazole rings is 1. The van der Waals surface area contributed by atoms with E-state index in [-0.39, 0.29) is 67.6 Å². The molecule has 3 aliphatic rings. The van der Waals surface area contributed by atoms with Gasteiger partial charge < -0.3 is 19.4 Å². The van der Waals surface area contributed by atoms with Crippen molar-refractivity contribution >= 4 is 57.8 Å². The Labute approximate surface area is 335 Å². The Morgan fingerprint density at radius 2 is 1.77 bits per heavy atom. The number of carbonyl (C=O) groups is 5. The van der Waals surface area contributed by atoms with Crippen molar-refractivity contribution < 1.29 is 33.1 Å². The van der Waals surface area contributed by atoms with Gasteiger partial charge in [0.2, 0.25) is 17.6 Å². The lowest BCUT2D eigenvalue weighted by molar-refractivity contribution is -0.147. The number of fused-ring (bicyclic) bond motifs is 1. The van der Waals surface area contributed by atoms with E-state index in [0.29, 0.717) is 34.8 Å². The molecule has 3 fully saturated rings. The summed E-state index contributed by atoms with van der Waals surface area (Å²) in [7, 11) is 0. The molecular weight excluding hydrogens is 732 g/mol. The fourth-order valence-corrected chi connectivity index (χ4v) is 8.56. The van der Waals surface area contributed by atoms with Gasteiger partial charge in [-0.1, -0.05) is 71.0 Å². The van der Waals surface area contributed by atoms with Crippen LogP contribution in [0.3, 0.4) is 0 Å². The smallest absolute Gasteiger partial charge is 0.296 e. The van der Waals surface area contributed by atoms with E-state index in [1.165, 1.54) is 6.20 Å². The number of rotatable bonds is 18. The summed E-state index contributed by atoms with van der Waals surface area (Å²) in [5.74, 6) is -2.51. The summed E-state index contributed by atoms with van der Waals surface area (Å²) in [5, 5.41) is 3.80. The minimum absolute atomic E-state index is 0.0464. The normalized spacial score (nSPS) is 20.7. The van der Waals surface area contributed by atoms with Gasteiger partial charge >= 0.3 is 0 Å². The van der Waals surface area contributed by atoms with Gasteiger partial charge in [0.15, 0.2) is 22.9 Å². The maximum absolute atomic E-state index is 14.9. The van der Waals surface area contributed by atoms with Crippen molar-refractivity contribution in [2.45, 2.75) is 136 Å². The zero-order chi connectivity index (χ0) is 40.1. The first-order chi connectivity index (χ1) is 26.7. The number of hydrogen-bond donors (Lipinski definition) is 1. The molecule has 5 atom stereocenters. The van der Waals surface area contributed by atoms with E-state index in [0.717, 1.165) is 50.5 Å². The average molecular weight is 789 g/mol. The molecule has 0 spiro atoms. The highest BCUT2D eigenvalue weighted by Crippen LogP contribution is 2.38. The molecule has 0 radical (unpaired) electrons. The summed E-state index contributed by atoms with van der Waals surface area (Å²) in [4.78, 5) is 80.6. The van der Waals surface area contributed by atoms with E-state index >= 15 is 0 Å². The van der Waals surface area contributed by atoms with Crippen LogP contribution in [0.2, 0.25) is 5.02 Å². The number of ether oxygens (including phenoxy) is 1. The van der Waals surface area contributed by atoms with Crippen molar-refractivity contribution in [1.82, 2.24) is 14.9 Å². The number of aryl methyl sites for hydroxylation is 1. The van der Waals surface area contributed by atoms with Crippen LogP contribution in [0.4, 0.5) is 6.01 Å². The second-order valence-electron chi connectivity index (χ2n) is 17.5. The first-order valence-corrected chi connectivity index (χ1v) is 20.9. The summed E-state index contributed by atoms with van der Waals surface area (Å²) in [6.45, 7) is 9.83. The SMILES string of the molecule is CCC[C@H](CC(=O)[C@@H]1C[C@@H](Oc2ccc(Cl)cn2)CN1C(=O)[C@@H](CC(=O)[C@@H](Nc1nc2cc(C)ccc2o1)C1CCCCC1)C(C)(C)C)C(=O)C(=O)CC1CC1. The first-order valence-electron chi connectivity index (χ1n) is 20.5. The molecule has 1 aromatic carbocycles. The molecule has 2 saturated carbocycles. The third-order valence-electron chi connectivity index (χ3n) is 11.8. The molecule has 2 aliphatic carbocycles. The number of aromatic nitrogens is 2. The number of halogens is 1. The van der Waals surface area contributed by atoms with E-state index in [2.05, 4.69) is 15.3 Å². The third kappa shape index (κ3) is 10.4. The highest BCUT2D eigenvalue weighted by atomic mass is 35.5. The van der Waals surface area contributed by atoms with Gasteiger partial charge in [-0.25, -0.2) is 4.98 Å². The minimum atomic E-state index is -0.902. The van der Waals surface area contributed by atoms with Gasteiger partial charge in [-0.15, -0.1) is 0 Å². The Balaban J connectivity index is 1.25. The zero-order valence-electron chi connectivity index (χ0n) is 33.5. The number of anilines is 1. The Kier molecular flexibility index (Phi) is 13.3. The van der Waals surface area contributed by atoms with Gasteiger partial charge in [-0.05, 0) is 80.0 Å². The zero-order valence-corrected chi connectivity index (χ0v) is 34.2. The van der Waals surface area contributed by atoms with Crippen LogP contribution in [0, 0.1) is 36.0 Å². The molecule has 1 aliphatic heterocycles. The van der Waals surface area contributed by atoms with Crippen molar-refractivity contribution in [2.24, 2.45) is 29.1 Å². The van der Waals surface area contributed by atoms with Crippen LogP contribution in [-0.2, 0) is 24.0 Å². The predicted octanol–water partition coefficient (Wildman–Crippen LogP) is 8.53. The van der Waals surface area contributed by atoms with E-state index in [9.17, 15) is 24.0 Å². The number of likely N-dealkylation sites (tertiary alicyclic amines) is 1. The molecule has 3 aromatic rings. The van der Waals surface area contributed by atoms with Gasteiger partial charge in [0, 0.05) is 49.8 Å². The van der Waals surface area contributed by atoms with Gasteiger partial charge in [0.25, 0.3) is 6.01 Å². The number of nitrogens with zero attached hydrogens (tertiary/aromatic N) is 3. The van der Waals surface area contributed by atoms with Crippen molar-refractivity contribution in [3.8, 4) is 5.88 Å². The third-order valence-corrected chi connectivity index (χ3v) is 12.1. The first kappa shape index (κ1) is 41.5. The molecule has 1 saturated heterocycles. The van der Waals surface area contributed by atoms with Crippen molar-refractivity contribution in [3.63, 3.8) is 0 Å².